The number of hydrogen-bond donors (Lipinski definition) is 0. The molecule has 8 nitrogen and oxygen atoms in total. The zero-order chi connectivity index (χ0) is 58.4. The second kappa shape index (κ2) is 18.8. The van der Waals surface area contributed by atoms with Crippen LogP contribution in [0.25, 0.3) is 171 Å². The van der Waals surface area contributed by atoms with Gasteiger partial charge in [-0.3, -0.25) is 0 Å². The predicted molar refractivity (Wildman–Crippen MR) is 367 cm³/mol. The first-order valence-corrected chi connectivity index (χ1v) is 30.1. The molecule has 0 spiro atoms. The van der Waals surface area contributed by atoms with Crippen molar-refractivity contribution in [3.63, 3.8) is 0 Å². The highest BCUT2D eigenvalue weighted by Gasteiger charge is 2.32. The standard InChI is InChI=1S/C81H48N8/c82-49-62-70(88-67-43-23-15-35-58(67)72-69(88)46-45-56-55-33-14-20-40-64(55)85(77(56)72)52-27-7-2-8-28-52)47-51(76-57-34-13-19-39-63(57)83-81(84-76)50-25-5-1-6-26-50)48-71(62)89-68-44-24-18-38-61(68)75-79-73(59-36-16-21-41-65(59)86(79)53-29-9-3-10-30-53)78-74(80(75)89)60-37-17-22-42-66(60)87(78)54-31-11-4-12-32-54/h1-48H. The van der Waals surface area contributed by atoms with Gasteiger partial charge in [0, 0.05) is 87.4 Å². The van der Waals surface area contributed by atoms with Crippen LogP contribution in [0.2, 0.25) is 0 Å². The van der Waals surface area contributed by atoms with E-state index in [1.54, 1.807) is 0 Å². The summed E-state index contributed by atoms with van der Waals surface area (Å²) in [7, 11) is 0. The van der Waals surface area contributed by atoms with Crippen LogP contribution in [0, 0.1) is 11.3 Å². The highest BCUT2D eigenvalue weighted by Crippen LogP contribution is 2.52. The van der Waals surface area contributed by atoms with E-state index in [1.165, 1.54) is 5.39 Å². The molecular weight excluding hydrogens is 1080 g/mol. The summed E-state index contributed by atoms with van der Waals surface area (Å²) in [5, 5.41) is 24.7. The van der Waals surface area contributed by atoms with Gasteiger partial charge in [0.2, 0.25) is 0 Å². The summed E-state index contributed by atoms with van der Waals surface area (Å²) in [5.74, 6) is 0.614. The van der Waals surface area contributed by atoms with Gasteiger partial charge in [-0.05, 0) is 91.0 Å². The van der Waals surface area contributed by atoms with E-state index in [2.05, 4.69) is 296 Å². The molecule has 0 unspecified atom stereocenters. The summed E-state index contributed by atoms with van der Waals surface area (Å²) < 4.78 is 12.1. The number of hydrogen-bond acceptors (Lipinski definition) is 3. The van der Waals surface area contributed by atoms with Crippen molar-refractivity contribution in [1.82, 2.24) is 32.8 Å². The van der Waals surface area contributed by atoms with Crippen molar-refractivity contribution in [2.75, 3.05) is 0 Å². The normalized spacial score (nSPS) is 12.0. The average Bonchev–Trinajstić information content (AvgIpc) is 1.53. The van der Waals surface area contributed by atoms with Crippen LogP contribution in [-0.4, -0.2) is 32.8 Å². The van der Waals surface area contributed by atoms with E-state index in [4.69, 9.17) is 9.97 Å². The van der Waals surface area contributed by atoms with Crippen molar-refractivity contribution >= 4 is 120 Å². The molecule has 8 heteroatoms. The van der Waals surface area contributed by atoms with Gasteiger partial charge in [-0.2, -0.15) is 5.26 Å². The van der Waals surface area contributed by atoms with Gasteiger partial charge in [0.1, 0.15) is 11.6 Å². The van der Waals surface area contributed by atoms with Gasteiger partial charge in [-0.15, -0.1) is 0 Å². The topological polar surface area (TPSA) is 74.2 Å². The molecule has 89 heavy (non-hydrogen) atoms. The van der Waals surface area contributed by atoms with Gasteiger partial charge in [0.05, 0.1) is 77.8 Å². The minimum atomic E-state index is 0.507. The first-order valence-electron chi connectivity index (χ1n) is 30.1. The molecule has 0 atom stereocenters. The third-order valence-corrected chi connectivity index (χ3v) is 18.4. The Morgan fingerprint density at radius 2 is 0.652 bits per heavy atom. The molecule has 19 aromatic rings. The van der Waals surface area contributed by atoms with Gasteiger partial charge in [-0.1, -0.05) is 200 Å². The molecular formula is C81H48N8. The van der Waals surface area contributed by atoms with E-state index in [0.29, 0.717) is 11.4 Å². The highest BCUT2D eigenvalue weighted by molar-refractivity contribution is 6.40. The van der Waals surface area contributed by atoms with E-state index >= 15 is 0 Å². The average molecular weight is 1130 g/mol. The molecule has 0 amide bonds. The van der Waals surface area contributed by atoms with Gasteiger partial charge in [0.25, 0.3) is 0 Å². The van der Waals surface area contributed by atoms with Gasteiger partial charge >= 0.3 is 0 Å². The summed E-state index contributed by atoms with van der Waals surface area (Å²) in [5.41, 5.74) is 18.9. The van der Waals surface area contributed by atoms with Gasteiger partial charge in [-0.25, -0.2) is 9.97 Å². The molecule has 0 aliphatic carbocycles. The fourth-order valence-corrected chi connectivity index (χ4v) is 14.9. The third kappa shape index (κ3) is 6.86. The summed E-state index contributed by atoms with van der Waals surface area (Å²) in [6, 6.07) is 107. The van der Waals surface area contributed by atoms with Crippen LogP contribution in [-0.2, 0) is 0 Å². The maximum atomic E-state index is 12.7. The van der Waals surface area contributed by atoms with Crippen molar-refractivity contribution in [3.05, 3.63) is 297 Å². The molecule has 0 radical (unpaired) electrons. The summed E-state index contributed by atoms with van der Waals surface area (Å²) in [6.45, 7) is 0. The zero-order valence-electron chi connectivity index (χ0n) is 47.8. The highest BCUT2D eigenvalue weighted by atomic mass is 15.1. The molecule has 6 aromatic heterocycles. The Labute approximate surface area is 509 Å². The minimum absolute atomic E-state index is 0.507. The smallest absolute Gasteiger partial charge is 0.160 e. The van der Waals surface area contributed by atoms with E-state index in [-0.39, 0.29) is 0 Å². The summed E-state index contributed by atoms with van der Waals surface area (Å²) in [4.78, 5) is 10.9. The lowest BCUT2D eigenvalue weighted by atomic mass is 9.99. The Hall–Kier alpha value is -12.3. The summed E-state index contributed by atoms with van der Waals surface area (Å²) in [6.07, 6.45) is 0. The second-order valence-corrected chi connectivity index (χ2v) is 23.1. The first kappa shape index (κ1) is 49.0. The van der Waals surface area contributed by atoms with Crippen molar-refractivity contribution < 1.29 is 0 Å². The molecule has 412 valence electrons. The Morgan fingerprint density at radius 3 is 1.17 bits per heavy atom. The van der Waals surface area contributed by atoms with Crippen molar-refractivity contribution in [2.24, 2.45) is 0 Å². The van der Waals surface area contributed by atoms with Gasteiger partial charge < -0.3 is 22.8 Å². The Balaban J connectivity index is 1.05. The molecule has 0 aliphatic rings. The molecule has 0 fully saturated rings. The first-order chi connectivity index (χ1) is 44.2. The quantitative estimate of drug-likeness (QED) is 0.160. The lowest BCUT2D eigenvalue weighted by molar-refractivity contribution is 1.12. The number of para-hydroxylation sites is 9. The molecule has 13 aromatic carbocycles. The molecule has 0 bridgehead atoms. The van der Waals surface area contributed by atoms with E-state index < -0.39 is 0 Å². The molecule has 0 saturated carbocycles. The van der Waals surface area contributed by atoms with Gasteiger partial charge in [0.15, 0.2) is 5.82 Å². The summed E-state index contributed by atoms with van der Waals surface area (Å²) >= 11 is 0. The fraction of sp³-hybridized carbons (Fsp3) is 0. The van der Waals surface area contributed by atoms with Crippen LogP contribution in [0.4, 0.5) is 0 Å². The van der Waals surface area contributed by atoms with Crippen molar-refractivity contribution in [1.29, 1.82) is 5.26 Å². The number of benzene rings is 13. The van der Waals surface area contributed by atoms with Crippen LogP contribution >= 0.6 is 0 Å². The third-order valence-electron chi connectivity index (χ3n) is 18.4. The molecule has 0 N–H and O–H groups in total. The van der Waals surface area contributed by atoms with Crippen LogP contribution in [0.15, 0.2) is 291 Å². The van der Waals surface area contributed by atoms with E-state index in [9.17, 15) is 5.26 Å². The van der Waals surface area contributed by atoms with Crippen LogP contribution in [0.5, 0.6) is 0 Å². The van der Waals surface area contributed by atoms with Crippen molar-refractivity contribution in [3.8, 4) is 57.2 Å². The van der Waals surface area contributed by atoms with Crippen LogP contribution in [0.1, 0.15) is 5.56 Å². The van der Waals surface area contributed by atoms with E-state index in [1.807, 2.05) is 24.3 Å². The number of rotatable bonds is 7. The Bertz CT molecular complexity index is 6150. The minimum Gasteiger partial charge on any atom is -0.309 e. The SMILES string of the molecule is N#Cc1c(-n2c3ccccc3c3c2ccc2c4ccccc4n(-c4ccccc4)c23)cc(-c2nc(-c3ccccc3)nc3ccccc23)cc1-n1c2ccccc2c2c3c(c4ccccc4n3-c3ccccc3)c3c(c4ccccc4n3-c3ccccc3)c21. The van der Waals surface area contributed by atoms with Crippen LogP contribution < -0.4 is 0 Å². The molecule has 6 heterocycles. The molecule has 0 aliphatic heterocycles. The Kier molecular flexibility index (Phi) is 10.4. The monoisotopic (exact) mass is 1130 g/mol. The number of nitrogens with zero attached hydrogens (tertiary/aromatic N) is 8. The second-order valence-electron chi connectivity index (χ2n) is 23.1. The molecule has 19 rings (SSSR count). The van der Waals surface area contributed by atoms with Crippen molar-refractivity contribution in [2.45, 2.75) is 0 Å². The maximum Gasteiger partial charge on any atom is 0.160 e. The maximum absolute atomic E-state index is 12.7. The Morgan fingerprint density at radius 1 is 0.270 bits per heavy atom. The number of fused-ring (bicyclic) bond motifs is 20. The van der Waals surface area contributed by atoms with Crippen LogP contribution in [0.3, 0.4) is 0 Å². The zero-order valence-corrected chi connectivity index (χ0v) is 47.8. The molecule has 0 saturated heterocycles. The van der Waals surface area contributed by atoms with E-state index in [0.717, 1.165) is 160 Å². The fourth-order valence-electron chi connectivity index (χ4n) is 14.9. The lowest BCUT2D eigenvalue weighted by Gasteiger charge is -2.19. The predicted octanol–water partition coefficient (Wildman–Crippen LogP) is 20.3. The number of nitriles is 1. The number of aromatic nitrogens is 7. The largest absolute Gasteiger partial charge is 0.309 e. The lowest BCUT2D eigenvalue weighted by Crippen LogP contribution is -2.06.